The summed E-state index contributed by atoms with van der Waals surface area (Å²) in [6, 6.07) is 1.68. The first-order valence-electron chi connectivity index (χ1n) is 4.36. The van der Waals surface area contributed by atoms with Crippen LogP contribution >= 0.6 is 0 Å². The van der Waals surface area contributed by atoms with Gasteiger partial charge in [0.1, 0.15) is 0 Å². The second-order valence-electron chi connectivity index (χ2n) is 3.07. The average molecular weight is 189 g/mol. The molecule has 1 aliphatic rings. The van der Waals surface area contributed by atoms with Crippen molar-refractivity contribution in [1.82, 2.24) is 10.3 Å². The minimum Gasteiger partial charge on any atom is -0.394 e. The minimum atomic E-state index is -0.243. The zero-order valence-electron chi connectivity index (χ0n) is 7.58. The number of aromatic nitrogens is 1. The number of H-pyrrole nitrogens is 1. The van der Waals surface area contributed by atoms with E-state index in [9.17, 15) is 4.79 Å². The number of nitrogens with one attached hydrogen (secondary N) is 2. The van der Waals surface area contributed by atoms with Crippen molar-refractivity contribution in [2.45, 2.75) is 0 Å². The molecule has 4 heteroatoms. The summed E-state index contributed by atoms with van der Waals surface area (Å²) >= 11 is 0. The van der Waals surface area contributed by atoms with E-state index in [2.05, 4.69) is 10.3 Å². The van der Waals surface area contributed by atoms with Crippen LogP contribution in [0.25, 0.3) is 5.57 Å². The molecule has 1 aromatic rings. The number of hydrogen-bond acceptors (Lipinski definition) is 3. The first-order chi connectivity index (χ1) is 6.77. The van der Waals surface area contributed by atoms with Gasteiger partial charge < -0.3 is 16.0 Å². The third-order valence-corrected chi connectivity index (χ3v) is 2.09. The molecule has 2 heterocycles. The summed E-state index contributed by atoms with van der Waals surface area (Å²) in [5.74, 6) is 0. The predicted molar refractivity (Wildman–Crippen MR) is 56.6 cm³/mol. The Hall–Kier alpha value is -1.97. The molecule has 0 bridgehead atoms. The van der Waals surface area contributed by atoms with Crippen LogP contribution in [0.5, 0.6) is 0 Å². The highest BCUT2D eigenvalue weighted by Gasteiger charge is 2.02. The first kappa shape index (κ1) is 8.62. The van der Waals surface area contributed by atoms with Crippen molar-refractivity contribution in [3.63, 3.8) is 0 Å². The lowest BCUT2D eigenvalue weighted by Gasteiger charge is -2.08. The molecule has 1 aliphatic heterocycles. The molecule has 0 spiro atoms. The van der Waals surface area contributed by atoms with E-state index in [1.807, 2.05) is 18.4 Å². The van der Waals surface area contributed by atoms with Crippen LogP contribution in [0.1, 0.15) is 5.56 Å². The Morgan fingerprint density at radius 2 is 2.29 bits per heavy atom. The van der Waals surface area contributed by atoms with Crippen LogP contribution in [0.4, 0.5) is 5.69 Å². The lowest BCUT2D eigenvalue weighted by Crippen LogP contribution is -2.12. The number of allylic oxidation sites excluding steroid dienone is 2. The Labute approximate surface area is 81.1 Å². The molecule has 0 saturated carbocycles. The fourth-order valence-corrected chi connectivity index (χ4v) is 1.34. The van der Waals surface area contributed by atoms with E-state index in [0.29, 0.717) is 0 Å². The van der Waals surface area contributed by atoms with Crippen molar-refractivity contribution in [3.8, 4) is 0 Å². The molecule has 4 N–H and O–H groups in total. The molecule has 2 rings (SSSR count). The van der Waals surface area contributed by atoms with E-state index < -0.39 is 0 Å². The second kappa shape index (κ2) is 3.41. The Morgan fingerprint density at radius 3 is 2.93 bits per heavy atom. The molecule has 0 aliphatic carbocycles. The molecule has 72 valence electrons. The van der Waals surface area contributed by atoms with Gasteiger partial charge in [0.25, 0.3) is 5.56 Å². The summed E-state index contributed by atoms with van der Waals surface area (Å²) in [5.41, 5.74) is 7.51. The quantitative estimate of drug-likeness (QED) is 0.601. The molecule has 1 aromatic heterocycles. The van der Waals surface area contributed by atoms with Gasteiger partial charge >= 0.3 is 0 Å². The van der Waals surface area contributed by atoms with E-state index >= 15 is 0 Å². The molecule has 0 fully saturated rings. The highest BCUT2D eigenvalue weighted by Crippen LogP contribution is 2.16. The van der Waals surface area contributed by atoms with Gasteiger partial charge in [0.2, 0.25) is 0 Å². The normalized spacial score (nSPS) is 14.7. The largest absolute Gasteiger partial charge is 0.394 e. The van der Waals surface area contributed by atoms with E-state index in [0.717, 1.165) is 17.7 Å². The van der Waals surface area contributed by atoms with Crippen LogP contribution in [-0.4, -0.2) is 11.5 Å². The standard InChI is InChI=1S/C10H11N3O/c11-9-5-8(6-13-10(9)14)7-1-3-12-4-2-7/h1-3,5-6,12H,4,11H2,(H,13,14). The van der Waals surface area contributed by atoms with Crippen LogP contribution in [0.3, 0.4) is 0 Å². The van der Waals surface area contributed by atoms with Crippen LogP contribution in [-0.2, 0) is 0 Å². The van der Waals surface area contributed by atoms with Crippen molar-refractivity contribution in [1.29, 1.82) is 0 Å². The number of hydrogen-bond donors (Lipinski definition) is 3. The van der Waals surface area contributed by atoms with Gasteiger partial charge in [-0.15, -0.1) is 0 Å². The van der Waals surface area contributed by atoms with Gasteiger partial charge in [-0.25, -0.2) is 0 Å². The van der Waals surface area contributed by atoms with Crippen molar-refractivity contribution in [3.05, 3.63) is 46.5 Å². The van der Waals surface area contributed by atoms with Crippen LogP contribution in [0.2, 0.25) is 0 Å². The number of rotatable bonds is 1. The van der Waals surface area contributed by atoms with E-state index in [1.165, 1.54) is 0 Å². The number of nitrogens with two attached hydrogens (primary N) is 1. The third-order valence-electron chi connectivity index (χ3n) is 2.09. The SMILES string of the molecule is Nc1cc(C2=CCNC=C2)c[nH]c1=O. The number of pyridine rings is 1. The Kier molecular flexibility index (Phi) is 2.10. The monoisotopic (exact) mass is 189 g/mol. The summed E-state index contributed by atoms with van der Waals surface area (Å²) in [6.07, 6.45) is 7.51. The van der Waals surface area contributed by atoms with E-state index in [-0.39, 0.29) is 11.2 Å². The summed E-state index contributed by atoms with van der Waals surface area (Å²) in [4.78, 5) is 13.6. The topological polar surface area (TPSA) is 70.9 Å². The Balaban J connectivity index is 2.42. The Bertz CT molecular complexity index is 457. The molecule has 0 radical (unpaired) electrons. The zero-order chi connectivity index (χ0) is 9.97. The maximum atomic E-state index is 11.0. The fraction of sp³-hybridized carbons (Fsp3) is 0.100. The number of dihydropyridines is 1. The van der Waals surface area contributed by atoms with Crippen LogP contribution in [0.15, 0.2) is 35.4 Å². The minimum absolute atomic E-state index is 0.243. The summed E-state index contributed by atoms with van der Waals surface area (Å²) in [6.45, 7) is 0.796. The van der Waals surface area contributed by atoms with Gasteiger partial charge in [-0.3, -0.25) is 4.79 Å². The van der Waals surface area contributed by atoms with Crippen molar-refractivity contribution in [2.24, 2.45) is 0 Å². The lowest BCUT2D eigenvalue weighted by molar-refractivity contribution is 0.975. The third kappa shape index (κ3) is 1.54. The van der Waals surface area contributed by atoms with E-state index in [4.69, 9.17) is 5.73 Å². The second-order valence-corrected chi connectivity index (χ2v) is 3.07. The highest BCUT2D eigenvalue weighted by molar-refractivity contribution is 5.75. The maximum absolute atomic E-state index is 11.0. The molecule has 14 heavy (non-hydrogen) atoms. The van der Waals surface area contributed by atoms with Crippen molar-refractivity contribution >= 4 is 11.3 Å². The van der Waals surface area contributed by atoms with Gasteiger partial charge in [-0.05, 0) is 29.5 Å². The molecule has 4 nitrogen and oxygen atoms in total. The van der Waals surface area contributed by atoms with Gasteiger partial charge in [-0.2, -0.15) is 0 Å². The summed E-state index contributed by atoms with van der Waals surface area (Å²) in [7, 11) is 0. The van der Waals surface area contributed by atoms with Crippen molar-refractivity contribution in [2.75, 3.05) is 12.3 Å². The molecule has 0 aromatic carbocycles. The Morgan fingerprint density at radius 1 is 1.43 bits per heavy atom. The molecule has 0 amide bonds. The summed E-state index contributed by atoms with van der Waals surface area (Å²) in [5, 5.41) is 3.05. The first-order valence-corrected chi connectivity index (χ1v) is 4.36. The van der Waals surface area contributed by atoms with Crippen LogP contribution in [0, 0.1) is 0 Å². The zero-order valence-corrected chi connectivity index (χ0v) is 7.58. The van der Waals surface area contributed by atoms with Gasteiger partial charge in [0, 0.05) is 12.7 Å². The van der Waals surface area contributed by atoms with Gasteiger partial charge in [0.15, 0.2) is 0 Å². The smallest absolute Gasteiger partial charge is 0.271 e. The predicted octanol–water partition coefficient (Wildman–Crippen LogP) is 0.457. The summed E-state index contributed by atoms with van der Waals surface area (Å²) < 4.78 is 0. The van der Waals surface area contributed by atoms with Crippen LogP contribution < -0.4 is 16.6 Å². The molecule has 0 unspecified atom stereocenters. The lowest BCUT2D eigenvalue weighted by atomic mass is 10.1. The van der Waals surface area contributed by atoms with Crippen molar-refractivity contribution < 1.29 is 0 Å². The number of aromatic amines is 1. The molecule has 0 saturated heterocycles. The number of nitrogen functional groups attached to an aromatic ring is 1. The van der Waals surface area contributed by atoms with Gasteiger partial charge in [-0.1, -0.05) is 6.08 Å². The maximum Gasteiger partial charge on any atom is 0.271 e. The highest BCUT2D eigenvalue weighted by atomic mass is 16.1. The molecular formula is C10H11N3O. The number of anilines is 1. The fourth-order valence-electron chi connectivity index (χ4n) is 1.34. The van der Waals surface area contributed by atoms with E-state index in [1.54, 1.807) is 12.3 Å². The molecular weight excluding hydrogens is 178 g/mol. The molecule has 0 atom stereocenters. The average Bonchev–Trinajstić information content (AvgIpc) is 2.23. The van der Waals surface area contributed by atoms with Gasteiger partial charge in [0.05, 0.1) is 5.69 Å².